The number of nitrogens with zero attached hydrogens (tertiary/aromatic N) is 5. The van der Waals surface area contributed by atoms with E-state index in [0.717, 1.165) is 62.4 Å². The van der Waals surface area contributed by atoms with Gasteiger partial charge in [-0.2, -0.15) is 5.10 Å². The molecule has 0 aromatic carbocycles. The number of carbonyl (C=O) groups is 1. The van der Waals surface area contributed by atoms with E-state index in [-0.39, 0.29) is 5.91 Å². The third-order valence-corrected chi connectivity index (χ3v) is 4.98. The van der Waals surface area contributed by atoms with Gasteiger partial charge in [-0.25, -0.2) is 9.97 Å². The predicted octanol–water partition coefficient (Wildman–Crippen LogP) is 2.73. The molecule has 1 atom stereocenters. The molecule has 1 aliphatic rings. The molecular formula is C19H28N6O. The van der Waals surface area contributed by atoms with Crippen molar-refractivity contribution in [3.05, 3.63) is 24.2 Å². The van der Waals surface area contributed by atoms with Crippen molar-refractivity contribution >= 4 is 11.9 Å². The number of hydrogen-bond acceptors (Lipinski definition) is 5. The maximum Gasteiger partial charge on any atom is 0.223 e. The Morgan fingerprint density at radius 2 is 2.27 bits per heavy atom. The Kier molecular flexibility index (Phi) is 5.85. The van der Waals surface area contributed by atoms with E-state index >= 15 is 0 Å². The number of likely N-dealkylation sites (tertiary alicyclic amines) is 1. The molecule has 0 radical (unpaired) electrons. The Balaban J connectivity index is 1.65. The van der Waals surface area contributed by atoms with Crippen LogP contribution < -0.4 is 5.32 Å². The van der Waals surface area contributed by atoms with Gasteiger partial charge in [0.05, 0.1) is 11.9 Å². The van der Waals surface area contributed by atoms with Crippen LogP contribution in [0.5, 0.6) is 0 Å². The molecule has 1 amide bonds. The first kappa shape index (κ1) is 18.4. The molecule has 3 heterocycles. The zero-order valence-corrected chi connectivity index (χ0v) is 15.9. The second-order valence-corrected chi connectivity index (χ2v) is 6.99. The lowest BCUT2D eigenvalue weighted by molar-refractivity contribution is -0.130. The van der Waals surface area contributed by atoms with Gasteiger partial charge in [0.15, 0.2) is 0 Å². The summed E-state index contributed by atoms with van der Waals surface area (Å²) < 4.78 is 2.02. The predicted molar refractivity (Wildman–Crippen MR) is 102 cm³/mol. The standard InChI is InChI=1S/C19H28N6O/c1-4-9-25-14(2)17(12-22-25)18-7-8-20-19(23-18)21-11-16-6-5-10-24(13-16)15(3)26/h7-8,12,16H,4-6,9-11,13H2,1-3H3,(H,20,21,23)/t16-/m1/s1. The van der Waals surface area contributed by atoms with Crippen LogP contribution >= 0.6 is 0 Å². The Labute approximate surface area is 154 Å². The average Bonchev–Trinajstić information content (AvgIpc) is 3.01. The number of anilines is 1. The highest BCUT2D eigenvalue weighted by molar-refractivity contribution is 5.73. The van der Waals surface area contributed by atoms with Crippen LogP contribution in [0.25, 0.3) is 11.3 Å². The number of nitrogens with one attached hydrogen (secondary N) is 1. The first-order valence-corrected chi connectivity index (χ1v) is 9.43. The van der Waals surface area contributed by atoms with Gasteiger partial charge in [0, 0.05) is 50.6 Å². The van der Waals surface area contributed by atoms with Crippen LogP contribution in [-0.2, 0) is 11.3 Å². The van der Waals surface area contributed by atoms with Gasteiger partial charge in [0.1, 0.15) is 0 Å². The first-order valence-electron chi connectivity index (χ1n) is 9.43. The Hall–Kier alpha value is -2.44. The summed E-state index contributed by atoms with van der Waals surface area (Å²) in [4.78, 5) is 22.5. The quantitative estimate of drug-likeness (QED) is 0.861. The van der Waals surface area contributed by atoms with Crippen LogP contribution in [0.1, 0.15) is 38.8 Å². The van der Waals surface area contributed by atoms with Crippen LogP contribution in [0.2, 0.25) is 0 Å². The highest BCUT2D eigenvalue weighted by Crippen LogP contribution is 2.22. The fourth-order valence-electron chi connectivity index (χ4n) is 3.48. The molecule has 0 unspecified atom stereocenters. The second kappa shape index (κ2) is 8.29. The van der Waals surface area contributed by atoms with E-state index in [1.54, 1.807) is 13.1 Å². The van der Waals surface area contributed by atoms with E-state index in [9.17, 15) is 4.79 Å². The van der Waals surface area contributed by atoms with Crippen molar-refractivity contribution in [2.75, 3.05) is 25.0 Å². The molecule has 140 valence electrons. The van der Waals surface area contributed by atoms with E-state index < -0.39 is 0 Å². The van der Waals surface area contributed by atoms with Crippen molar-refractivity contribution in [1.29, 1.82) is 0 Å². The smallest absolute Gasteiger partial charge is 0.223 e. The molecule has 2 aromatic rings. The lowest BCUT2D eigenvalue weighted by Crippen LogP contribution is -2.40. The van der Waals surface area contributed by atoms with Gasteiger partial charge in [0.25, 0.3) is 0 Å². The zero-order chi connectivity index (χ0) is 18.5. The molecule has 7 nitrogen and oxygen atoms in total. The van der Waals surface area contributed by atoms with Crippen molar-refractivity contribution in [2.45, 2.75) is 46.6 Å². The molecule has 1 fully saturated rings. The van der Waals surface area contributed by atoms with Crippen molar-refractivity contribution in [3.63, 3.8) is 0 Å². The van der Waals surface area contributed by atoms with Crippen molar-refractivity contribution < 1.29 is 4.79 Å². The number of rotatable bonds is 6. The summed E-state index contributed by atoms with van der Waals surface area (Å²) >= 11 is 0. The number of amides is 1. The first-order chi connectivity index (χ1) is 12.6. The minimum absolute atomic E-state index is 0.160. The Morgan fingerprint density at radius 1 is 1.42 bits per heavy atom. The average molecular weight is 356 g/mol. The van der Waals surface area contributed by atoms with Gasteiger partial charge >= 0.3 is 0 Å². The topological polar surface area (TPSA) is 75.9 Å². The zero-order valence-electron chi connectivity index (χ0n) is 15.9. The minimum atomic E-state index is 0.160. The molecular weight excluding hydrogens is 328 g/mol. The summed E-state index contributed by atoms with van der Waals surface area (Å²) in [6.07, 6.45) is 6.90. The summed E-state index contributed by atoms with van der Waals surface area (Å²) in [5.74, 6) is 1.23. The fourth-order valence-corrected chi connectivity index (χ4v) is 3.48. The largest absolute Gasteiger partial charge is 0.354 e. The summed E-state index contributed by atoms with van der Waals surface area (Å²) in [5, 5.41) is 7.80. The molecule has 0 spiro atoms. The SMILES string of the molecule is CCCn1ncc(-c2ccnc(NC[C@H]3CCCN(C(C)=O)C3)n2)c1C. The van der Waals surface area contributed by atoms with Crippen LogP contribution in [0.4, 0.5) is 5.95 Å². The maximum atomic E-state index is 11.6. The van der Waals surface area contributed by atoms with Gasteiger partial charge < -0.3 is 10.2 Å². The normalized spacial score (nSPS) is 17.3. The van der Waals surface area contributed by atoms with Gasteiger partial charge in [0.2, 0.25) is 11.9 Å². The summed E-state index contributed by atoms with van der Waals surface area (Å²) in [6, 6.07) is 1.92. The molecule has 1 saturated heterocycles. The van der Waals surface area contributed by atoms with E-state index in [0.29, 0.717) is 11.9 Å². The van der Waals surface area contributed by atoms with Crippen molar-refractivity contribution in [3.8, 4) is 11.3 Å². The third-order valence-electron chi connectivity index (χ3n) is 4.98. The van der Waals surface area contributed by atoms with Crippen LogP contribution in [-0.4, -0.2) is 50.2 Å². The number of hydrogen-bond donors (Lipinski definition) is 1. The lowest BCUT2D eigenvalue weighted by atomic mass is 9.98. The van der Waals surface area contributed by atoms with Crippen molar-refractivity contribution in [1.82, 2.24) is 24.6 Å². The van der Waals surface area contributed by atoms with Crippen LogP contribution in [0.3, 0.4) is 0 Å². The molecule has 0 bridgehead atoms. The number of aromatic nitrogens is 4. The van der Waals surface area contributed by atoms with E-state index in [1.165, 1.54) is 0 Å². The van der Waals surface area contributed by atoms with Gasteiger partial charge in [-0.3, -0.25) is 9.48 Å². The molecule has 2 aromatic heterocycles. The second-order valence-electron chi connectivity index (χ2n) is 6.99. The fraction of sp³-hybridized carbons (Fsp3) is 0.579. The summed E-state index contributed by atoms with van der Waals surface area (Å²) in [5.41, 5.74) is 3.06. The molecule has 26 heavy (non-hydrogen) atoms. The maximum absolute atomic E-state index is 11.6. The van der Waals surface area contributed by atoms with E-state index in [4.69, 9.17) is 0 Å². The van der Waals surface area contributed by atoms with Gasteiger partial charge in [-0.15, -0.1) is 0 Å². The molecule has 3 rings (SSSR count). The minimum Gasteiger partial charge on any atom is -0.354 e. The molecule has 1 N–H and O–H groups in total. The molecule has 0 aliphatic carbocycles. The number of carbonyl (C=O) groups excluding carboxylic acids is 1. The summed E-state index contributed by atoms with van der Waals surface area (Å²) in [7, 11) is 0. The number of aryl methyl sites for hydroxylation is 1. The number of piperidine rings is 1. The van der Waals surface area contributed by atoms with Gasteiger partial charge in [-0.1, -0.05) is 6.92 Å². The Bertz CT molecular complexity index is 756. The van der Waals surface area contributed by atoms with Crippen LogP contribution in [0.15, 0.2) is 18.5 Å². The van der Waals surface area contributed by atoms with Gasteiger partial charge in [-0.05, 0) is 38.2 Å². The molecule has 1 aliphatic heterocycles. The molecule has 7 heteroatoms. The van der Waals surface area contributed by atoms with Crippen molar-refractivity contribution in [2.24, 2.45) is 5.92 Å². The van der Waals surface area contributed by atoms with Crippen LogP contribution in [0, 0.1) is 12.8 Å². The highest BCUT2D eigenvalue weighted by atomic mass is 16.2. The van der Waals surface area contributed by atoms with E-state index in [1.807, 2.05) is 21.8 Å². The lowest BCUT2D eigenvalue weighted by Gasteiger charge is -2.32. The monoisotopic (exact) mass is 356 g/mol. The Morgan fingerprint density at radius 3 is 3.04 bits per heavy atom. The highest BCUT2D eigenvalue weighted by Gasteiger charge is 2.21. The summed E-state index contributed by atoms with van der Waals surface area (Å²) in [6.45, 7) is 9.24. The van der Waals surface area contributed by atoms with E-state index in [2.05, 4.69) is 34.2 Å². The third kappa shape index (κ3) is 4.20. The molecule has 0 saturated carbocycles.